The molecule has 0 aliphatic rings. The number of carbonyl (C=O) groups is 1. The van der Waals surface area contributed by atoms with Crippen molar-refractivity contribution >= 4 is 23.6 Å². The third-order valence-corrected chi connectivity index (χ3v) is 4.99. The molecule has 2 N–H and O–H groups in total. The van der Waals surface area contributed by atoms with Gasteiger partial charge in [0.15, 0.2) is 5.96 Å². The zero-order valence-electron chi connectivity index (χ0n) is 17.9. The summed E-state index contributed by atoms with van der Waals surface area (Å²) in [6.45, 7) is 7.42. The maximum atomic E-state index is 11.9. The van der Waals surface area contributed by atoms with Crippen molar-refractivity contribution < 1.29 is 9.21 Å². The Hall–Kier alpha value is -2.48. The predicted molar refractivity (Wildman–Crippen MR) is 118 cm³/mol. The molecule has 1 aromatic carbocycles. The van der Waals surface area contributed by atoms with Gasteiger partial charge in [0.05, 0.1) is 12.7 Å². The molecule has 0 saturated heterocycles. The number of oxazole rings is 1. The topological polar surface area (TPSA) is 82.8 Å². The fourth-order valence-electron chi connectivity index (χ4n) is 2.22. The molecule has 0 saturated carbocycles. The molecule has 1 heterocycles. The number of nitrogens with zero attached hydrogens (tertiary/aromatic N) is 3. The lowest BCUT2D eigenvalue weighted by Gasteiger charge is -2.14. The Morgan fingerprint density at radius 3 is 2.55 bits per heavy atom. The highest BCUT2D eigenvalue weighted by Crippen LogP contribution is 2.22. The molecule has 0 fully saturated rings. The lowest BCUT2D eigenvalue weighted by Crippen LogP contribution is -2.39. The van der Waals surface area contributed by atoms with Crippen molar-refractivity contribution in [1.82, 2.24) is 20.5 Å². The van der Waals surface area contributed by atoms with E-state index in [0.29, 0.717) is 24.9 Å². The molecule has 0 bridgehead atoms. The third kappa shape index (κ3) is 8.19. The molecule has 2 rings (SSSR count). The van der Waals surface area contributed by atoms with Gasteiger partial charge in [0.2, 0.25) is 11.8 Å². The Balaban J connectivity index is 1.90. The molecular formula is C21H31N5O2S. The van der Waals surface area contributed by atoms with Crippen LogP contribution in [0.5, 0.6) is 0 Å². The van der Waals surface area contributed by atoms with E-state index in [1.165, 1.54) is 9.80 Å². The van der Waals surface area contributed by atoms with Crippen LogP contribution in [0.15, 0.2) is 50.8 Å². The van der Waals surface area contributed by atoms with E-state index in [4.69, 9.17) is 4.42 Å². The van der Waals surface area contributed by atoms with Gasteiger partial charge in [-0.05, 0) is 12.1 Å². The average molecular weight is 418 g/mol. The Bertz CT molecular complexity index is 797. The highest BCUT2D eigenvalue weighted by atomic mass is 32.2. The maximum absolute atomic E-state index is 11.9. The monoisotopic (exact) mass is 417 g/mol. The molecule has 0 aliphatic heterocycles. The van der Waals surface area contributed by atoms with E-state index < -0.39 is 0 Å². The lowest BCUT2D eigenvalue weighted by atomic mass is 9.94. The van der Waals surface area contributed by atoms with Gasteiger partial charge >= 0.3 is 0 Å². The fraction of sp³-hybridized carbons (Fsp3) is 0.476. The molecule has 8 heteroatoms. The third-order valence-electron chi connectivity index (χ3n) is 3.98. The molecule has 158 valence electrons. The van der Waals surface area contributed by atoms with Crippen LogP contribution in [0.4, 0.5) is 0 Å². The largest absolute Gasteiger partial charge is 0.443 e. The molecular weight excluding hydrogens is 386 g/mol. The number of amides is 1. The first-order chi connectivity index (χ1) is 13.8. The maximum Gasteiger partial charge on any atom is 0.243 e. The highest BCUT2D eigenvalue weighted by Gasteiger charge is 2.19. The fourth-order valence-corrected chi connectivity index (χ4v) is 3.00. The van der Waals surface area contributed by atoms with Crippen molar-refractivity contribution in [2.75, 3.05) is 32.9 Å². The molecule has 7 nitrogen and oxygen atoms in total. The Morgan fingerprint density at radius 2 is 1.93 bits per heavy atom. The van der Waals surface area contributed by atoms with Crippen LogP contribution in [-0.2, 0) is 16.8 Å². The van der Waals surface area contributed by atoms with Gasteiger partial charge in [-0.2, -0.15) is 0 Å². The van der Waals surface area contributed by atoms with Crippen LogP contribution in [0.3, 0.4) is 0 Å². The van der Waals surface area contributed by atoms with Crippen LogP contribution in [0, 0.1) is 0 Å². The summed E-state index contributed by atoms with van der Waals surface area (Å²) >= 11 is 1.76. The van der Waals surface area contributed by atoms with Gasteiger partial charge in [-0.3, -0.25) is 4.79 Å². The minimum Gasteiger partial charge on any atom is -0.443 e. The van der Waals surface area contributed by atoms with Gasteiger partial charge < -0.3 is 20.0 Å². The second-order valence-electron chi connectivity index (χ2n) is 7.76. The van der Waals surface area contributed by atoms with Gasteiger partial charge in [0.25, 0.3) is 0 Å². The van der Waals surface area contributed by atoms with Gasteiger partial charge in [0.1, 0.15) is 12.3 Å². The predicted octanol–water partition coefficient (Wildman–Crippen LogP) is 2.89. The smallest absolute Gasteiger partial charge is 0.243 e. The van der Waals surface area contributed by atoms with Gasteiger partial charge in [0, 0.05) is 36.7 Å². The van der Waals surface area contributed by atoms with Crippen molar-refractivity contribution in [3.05, 3.63) is 48.2 Å². The number of aliphatic imine (C=N–C) groups is 1. The first-order valence-electron chi connectivity index (χ1n) is 9.61. The summed E-state index contributed by atoms with van der Waals surface area (Å²) in [4.78, 5) is 23.3. The molecule has 0 spiro atoms. The first kappa shape index (κ1) is 22.8. The molecule has 0 unspecified atom stereocenters. The van der Waals surface area contributed by atoms with Crippen LogP contribution < -0.4 is 10.6 Å². The van der Waals surface area contributed by atoms with Gasteiger partial charge in [-0.1, -0.05) is 39.0 Å². The summed E-state index contributed by atoms with van der Waals surface area (Å²) in [7, 11) is 3.44. The van der Waals surface area contributed by atoms with Crippen molar-refractivity contribution in [1.29, 1.82) is 0 Å². The first-order valence-corrected chi connectivity index (χ1v) is 10.6. The van der Waals surface area contributed by atoms with E-state index >= 15 is 0 Å². The standard InChI is InChI=1S/C21H31N5O2S/c1-21(2,3)17-13-23-18(28-17)14-24-20(25-15-19(27)26(4)5)22-11-12-29-16-9-7-6-8-10-16/h6-10,13H,11-12,14-15H2,1-5H3,(H2,22,24,25). The molecule has 29 heavy (non-hydrogen) atoms. The van der Waals surface area contributed by atoms with E-state index in [1.807, 2.05) is 18.2 Å². The van der Waals surface area contributed by atoms with Crippen LogP contribution in [-0.4, -0.2) is 54.7 Å². The minimum absolute atomic E-state index is 0.0593. The number of carbonyl (C=O) groups excluding carboxylic acids is 1. The van der Waals surface area contributed by atoms with Crippen molar-refractivity contribution in [2.45, 2.75) is 37.6 Å². The number of nitrogens with one attached hydrogen (secondary N) is 2. The summed E-state index contributed by atoms with van der Waals surface area (Å²) in [6, 6.07) is 10.2. The van der Waals surface area contributed by atoms with E-state index in [0.717, 1.165) is 11.5 Å². The summed E-state index contributed by atoms with van der Waals surface area (Å²) in [5, 5.41) is 6.47. The molecule has 2 aromatic rings. The summed E-state index contributed by atoms with van der Waals surface area (Å²) < 4.78 is 5.81. The number of benzene rings is 1. The molecule has 0 atom stereocenters. The molecule has 1 amide bonds. The molecule has 0 aliphatic carbocycles. The quantitative estimate of drug-likeness (QED) is 0.297. The second-order valence-corrected chi connectivity index (χ2v) is 8.93. The lowest BCUT2D eigenvalue weighted by molar-refractivity contribution is -0.127. The summed E-state index contributed by atoms with van der Waals surface area (Å²) in [5.41, 5.74) is -0.0901. The van der Waals surface area contributed by atoms with Crippen LogP contribution in [0.1, 0.15) is 32.4 Å². The van der Waals surface area contributed by atoms with Crippen molar-refractivity contribution in [2.24, 2.45) is 4.99 Å². The number of likely N-dealkylation sites (N-methyl/N-ethyl adjacent to an activating group) is 1. The zero-order valence-corrected chi connectivity index (χ0v) is 18.7. The normalized spacial score (nSPS) is 12.0. The SMILES string of the molecule is CN(C)C(=O)CN=C(NCCSc1ccccc1)NCc1ncc(C(C)(C)C)o1. The number of rotatable bonds is 8. The Labute approximate surface area is 177 Å². The number of aromatic nitrogens is 1. The number of hydrogen-bond acceptors (Lipinski definition) is 5. The highest BCUT2D eigenvalue weighted by molar-refractivity contribution is 7.99. The number of guanidine groups is 1. The molecule has 0 radical (unpaired) electrons. The van der Waals surface area contributed by atoms with Crippen molar-refractivity contribution in [3.8, 4) is 0 Å². The van der Waals surface area contributed by atoms with Crippen LogP contribution in [0.25, 0.3) is 0 Å². The van der Waals surface area contributed by atoms with Crippen LogP contribution in [0.2, 0.25) is 0 Å². The summed E-state index contributed by atoms with van der Waals surface area (Å²) in [6.07, 6.45) is 1.76. The van der Waals surface area contributed by atoms with Gasteiger partial charge in [-0.15, -0.1) is 11.8 Å². The van der Waals surface area contributed by atoms with E-state index in [9.17, 15) is 4.79 Å². The van der Waals surface area contributed by atoms with Gasteiger partial charge in [-0.25, -0.2) is 9.98 Å². The van der Waals surface area contributed by atoms with E-state index in [1.54, 1.807) is 32.1 Å². The minimum atomic E-state index is -0.0901. The zero-order chi connectivity index (χ0) is 21.3. The van der Waals surface area contributed by atoms with Crippen molar-refractivity contribution in [3.63, 3.8) is 0 Å². The number of hydrogen-bond donors (Lipinski definition) is 2. The van der Waals surface area contributed by atoms with E-state index in [2.05, 4.69) is 53.5 Å². The Morgan fingerprint density at radius 1 is 1.21 bits per heavy atom. The summed E-state index contributed by atoms with van der Waals surface area (Å²) in [5.74, 6) is 2.80. The van der Waals surface area contributed by atoms with Crippen LogP contribution >= 0.6 is 11.8 Å². The molecule has 1 aromatic heterocycles. The second kappa shape index (κ2) is 10.9. The Kier molecular flexibility index (Phi) is 8.57. The number of thioether (sulfide) groups is 1. The average Bonchev–Trinajstić information content (AvgIpc) is 3.16. The van der Waals surface area contributed by atoms with E-state index in [-0.39, 0.29) is 17.9 Å².